The molecule has 11 heteroatoms. The largest absolute Gasteiger partial charge is 2.00 e. The first kappa shape index (κ1) is 18.6. The Bertz CT molecular complexity index is 155. The third-order valence-corrected chi connectivity index (χ3v) is 1.80. The van der Waals surface area contributed by atoms with Gasteiger partial charge in [0.15, 0.2) is 0 Å². The van der Waals surface area contributed by atoms with Gasteiger partial charge in [-0.25, -0.2) is 0 Å². The van der Waals surface area contributed by atoms with Crippen LogP contribution in [0, 0.1) is 0 Å². The van der Waals surface area contributed by atoms with E-state index in [1.807, 2.05) is 0 Å². The summed E-state index contributed by atoms with van der Waals surface area (Å²) in [7, 11) is -11.4. The molecule has 0 saturated heterocycles. The van der Waals surface area contributed by atoms with Crippen LogP contribution in [0.3, 0.4) is 0 Å². The van der Waals surface area contributed by atoms with Gasteiger partial charge in [0.25, 0.3) is 0 Å². The second kappa shape index (κ2) is 6.28. The fourth-order valence-electron chi connectivity index (χ4n) is 0.122. The Morgan fingerprint density at radius 1 is 0.818 bits per heavy atom. The molecule has 0 aromatic heterocycles. The Kier molecular flexibility index (Phi) is 10.6. The molecule has 0 aromatic rings. The van der Waals surface area contributed by atoms with Gasteiger partial charge >= 0.3 is 46.1 Å². The van der Waals surface area contributed by atoms with Gasteiger partial charge in [0.2, 0.25) is 0 Å². The smallest absolute Gasteiger partial charge is 0.790 e. The Hall–Kier alpha value is 1.79. The second-order valence-electron chi connectivity index (χ2n) is 0.976. The molecule has 0 amide bonds. The normalized spacial score (nSPS) is 11.3. The SMILES string of the molecule is O=P([O-])([O-])OP(=O)([O-])[O-].[Mg+2].[Mg+2]. The van der Waals surface area contributed by atoms with Gasteiger partial charge in [-0.1, -0.05) is 0 Å². The molecular weight excluding hydrogens is 223 g/mol. The maximum absolute atomic E-state index is 9.32. The second-order valence-corrected chi connectivity index (χ2v) is 3.42. The predicted molar refractivity (Wildman–Crippen MR) is 27.8 cm³/mol. The zero-order valence-electron chi connectivity index (χ0n) is 5.17. The summed E-state index contributed by atoms with van der Waals surface area (Å²) in [4.78, 5) is 37.3. The molecule has 0 aromatic carbocycles. The number of hydrogen-bond donors (Lipinski definition) is 0. The van der Waals surface area contributed by atoms with E-state index in [0.29, 0.717) is 0 Å². The van der Waals surface area contributed by atoms with Crippen LogP contribution in [-0.4, -0.2) is 46.1 Å². The molecule has 0 atom stereocenters. The van der Waals surface area contributed by atoms with Gasteiger partial charge < -0.3 is 33.0 Å². The average Bonchev–Trinajstić information content (AvgIpc) is 1.14. The summed E-state index contributed by atoms with van der Waals surface area (Å²) in [6.07, 6.45) is 0. The van der Waals surface area contributed by atoms with Gasteiger partial charge in [-0.15, -0.1) is 0 Å². The molecule has 7 nitrogen and oxygen atoms in total. The average molecular weight is 223 g/mol. The summed E-state index contributed by atoms with van der Waals surface area (Å²) in [5.41, 5.74) is 0. The molecule has 0 spiro atoms. The van der Waals surface area contributed by atoms with Crippen molar-refractivity contribution in [2.24, 2.45) is 0 Å². The molecule has 11 heavy (non-hydrogen) atoms. The van der Waals surface area contributed by atoms with Crippen LogP contribution in [0.25, 0.3) is 0 Å². The Labute approximate surface area is 94.3 Å². The Balaban J connectivity index is -0.000000320. The van der Waals surface area contributed by atoms with Crippen LogP contribution in [0.1, 0.15) is 0 Å². The maximum atomic E-state index is 9.32. The van der Waals surface area contributed by atoms with Crippen LogP contribution >= 0.6 is 15.6 Å². The van der Waals surface area contributed by atoms with E-state index in [-0.39, 0.29) is 46.1 Å². The van der Waals surface area contributed by atoms with E-state index >= 15 is 0 Å². The fourth-order valence-corrected chi connectivity index (χ4v) is 1.10. The molecule has 0 rings (SSSR count). The molecule has 0 heterocycles. The number of hydrogen-bond acceptors (Lipinski definition) is 7. The van der Waals surface area contributed by atoms with Gasteiger partial charge in [0.05, 0.1) is 15.6 Å². The van der Waals surface area contributed by atoms with Crippen molar-refractivity contribution >= 4 is 61.8 Å². The van der Waals surface area contributed by atoms with Crippen molar-refractivity contribution in [3.8, 4) is 0 Å². The Morgan fingerprint density at radius 2 is 1.00 bits per heavy atom. The molecule has 0 aliphatic rings. The summed E-state index contributed by atoms with van der Waals surface area (Å²) in [6, 6.07) is 0. The molecule has 0 aliphatic heterocycles. The van der Waals surface area contributed by atoms with Crippen LogP contribution in [0.5, 0.6) is 0 Å². The van der Waals surface area contributed by atoms with Crippen LogP contribution < -0.4 is 19.6 Å². The first-order chi connectivity index (χ1) is 3.71. The Morgan fingerprint density at radius 3 is 1.00 bits per heavy atom. The fraction of sp³-hybridized carbons (Fsp3) is 0. The zero-order chi connectivity index (χ0) is 7.71. The molecule has 0 fully saturated rings. The topological polar surface area (TPSA) is 136 Å². The summed E-state index contributed by atoms with van der Waals surface area (Å²) in [5.74, 6) is 0. The van der Waals surface area contributed by atoms with E-state index in [4.69, 9.17) is 0 Å². The van der Waals surface area contributed by atoms with Crippen LogP contribution in [0.15, 0.2) is 0 Å². The van der Waals surface area contributed by atoms with Crippen molar-refractivity contribution in [1.82, 2.24) is 0 Å². The van der Waals surface area contributed by atoms with Crippen molar-refractivity contribution in [3.05, 3.63) is 0 Å². The van der Waals surface area contributed by atoms with Crippen molar-refractivity contribution in [1.29, 1.82) is 0 Å². The summed E-state index contributed by atoms with van der Waals surface area (Å²) < 4.78 is 21.2. The molecular formula is Mg2O7P2. The first-order valence-electron chi connectivity index (χ1n) is 1.46. The summed E-state index contributed by atoms with van der Waals surface area (Å²) >= 11 is 0. The third kappa shape index (κ3) is 18.6. The van der Waals surface area contributed by atoms with Crippen LogP contribution in [0.4, 0.5) is 0 Å². The van der Waals surface area contributed by atoms with Crippen molar-refractivity contribution in [3.63, 3.8) is 0 Å². The molecule has 0 N–H and O–H groups in total. The van der Waals surface area contributed by atoms with E-state index in [2.05, 4.69) is 4.31 Å². The quantitative estimate of drug-likeness (QED) is 0.342. The van der Waals surface area contributed by atoms with E-state index in [9.17, 15) is 28.7 Å². The minimum atomic E-state index is -5.68. The standard InChI is InChI=1S/2Mg.H4O7P2/c;;1-8(2,3)7-9(4,5)6/h;;(H2,1,2,3)(H2,4,5,6)/q2*+2;/p-4. The number of phosphoric acid groups is 2. The minimum Gasteiger partial charge on any atom is -0.790 e. The van der Waals surface area contributed by atoms with E-state index in [1.54, 1.807) is 0 Å². The van der Waals surface area contributed by atoms with Gasteiger partial charge in [0, 0.05) is 0 Å². The maximum Gasteiger partial charge on any atom is 2.00 e. The molecule has 0 saturated carbocycles. The molecule has 0 aliphatic carbocycles. The molecule has 0 unspecified atom stereocenters. The van der Waals surface area contributed by atoms with Crippen LogP contribution in [0.2, 0.25) is 0 Å². The van der Waals surface area contributed by atoms with E-state index in [0.717, 1.165) is 0 Å². The van der Waals surface area contributed by atoms with Crippen molar-refractivity contribution in [2.45, 2.75) is 0 Å². The zero-order valence-corrected chi connectivity index (χ0v) is 9.78. The van der Waals surface area contributed by atoms with Crippen molar-refractivity contribution in [2.75, 3.05) is 0 Å². The third-order valence-electron chi connectivity index (χ3n) is 0.200. The molecule has 56 valence electrons. The monoisotopic (exact) mass is 222 g/mol. The molecule has 0 bridgehead atoms. The summed E-state index contributed by atoms with van der Waals surface area (Å²) in [5, 5.41) is 0. The molecule has 0 radical (unpaired) electrons. The summed E-state index contributed by atoms with van der Waals surface area (Å²) in [6.45, 7) is 0. The van der Waals surface area contributed by atoms with Crippen LogP contribution in [-0.2, 0) is 13.4 Å². The van der Waals surface area contributed by atoms with Gasteiger partial charge in [0.1, 0.15) is 0 Å². The van der Waals surface area contributed by atoms with E-state index < -0.39 is 15.6 Å². The van der Waals surface area contributed by atoms with Gasteiger partial charge in [-0.2, -0.15) is 0 Å². The first-order valence-corrected chi connectivity index (χ1v) is 4.38. The van der Waals surface area contributed by atoms with Crippen molar-refractivity contribution < 1.29 is 33.0 Å². The van der Waals surface area contributed by atoms with Gasteiger partial charge in [-0.3, -0.25) is 0 Å². The van der Waals surface area contributed by atoms with Gasteiger partial charge in [-0.05, 0) is 0 Å². The predicted octanol–water partition coefficient (Wildman–Crippen LogP) is -4.10. The number of rotatable bonds is 2. The van der Waals surface area contributed by atoms with E-state index in [1.165, 1.54) is 0 Å². The minimum absolute atomic E-state index is 0.